The fraction of sp³-hybridized carbons (Fsp3) is 0.394. The van der Waals surface area contributed by atoms with Crippen molar-refractivity contribution in [3.63, 3.8) is 0 Å². The Labute approximate surface area is 276 Å². The summed E-state index contributed by atoms with van der Waals surface area (Å²) in [5.41, 5.74) is 4.25. The standard InChI is InChI=1S/C33H36ClN9O4/c1-33(11-9-27(44)38-31(33)46)29-21-7-5-20(15-25(21)42(3)40-29)36-23-10-12-43(17-26(23)47-4)32-35-16-22(34)30(39-32)37-19-6-8-24-18(13-19)14-28(45)41(24)2/h5-8,13,15-16,23,26,36H,9-12,14,17H2,1-4H3,(H,35,37,39)(H,38,44,46)/t23-,26-,33?/m1/s1. The maximum Gasteiger partial charge on any atom is 0.238 e. The molecular weight excluding hydrogens is 622 g/mol. The fourth-order valence-electron chi connectivity index (χ4n) is 6.78. The highest BCUT2D eigenvalue weighted by Crippen LogP contribution is 2.37. The largest absolute Gasteiger partial charge is 0.379 e. The van der Waals surface area contributed by atoms with Crippen molar-refractivity contribution in [2.24, 2.45) is 7.05 Å². The number of piperidine rings is 2. The summed E-state index contributed by atoms with van der Waals surface area (Å²) >= 11 is 6.49. The molecule has 14 heteroatoms. The molecule has 5 heterocycles. The monoisotopic (exact) mass is 657 g/mol. The van der Waals surface area contributed by atoms with E-state index in [9.17, 15) is 14.4 Å². The van der Waals surface area contributed by atoms with Crippen LogP contribution in [-0.4, -0.2) is 76.9 Å². The Morgan fingerprint density at radius 2 is 1.91 bits per heavy atom. The Balaban J connectivity index is 1.05. The van der Waals surface area contributed by atoms with E-state index < -0.39 is 5.41 Å². The van der Waals surface area contributed by atoms with E-state index in [1.807, 2.05) is 50.4 Å². The third-order valence-corrected chi connectivity index (χ3v) is 9.90. The molecule has 0 radical (unpaired) electrons. The van der Waals surface area contributed by atoms with Crippen molar-refractivity contribution in [3.05, 3.63) is 58.9 Å². The van der Waals surface area contributed by atoms with Crippen molar-refractivity contribution < 1.29 is 19.1 Å². The number of ether oxygens (including phenoxy) is 1. The Morgan fingerprint density at radius 1 is 1.11 bits per heavy atom. The van der Waals surface area contributed by atoms with Gasteiger partial charge in [0.05, 0.1) is 41.4 Å². The lowest BCUT2D eigenvalue weighted by molar-refractivity contribution is -0.137. The number of carbonyl (C=O) groups excluding carboxylic acids is 3. The van der Waals surface area contributed by atoms with Gasteiger partial charge in [-0.3, -0.25) is 24.4 Å². The van der Waals surface area contributed by atoms with Gasteiger partial charge in [-0.1, -0.05) is 11.6 Å². The van der Waals surface area contributed by atoms with Gasteiger partial charge in [0.25, 0.3) is 0 Å². The summed E-state index contributed by atoms with van der Waals surface area (Å²) in [5, 5.41) is 15.4. The first-order valence-electron chi connectivity index (χ1n) is 15.6. The Bertz CT molecular complexity index is 1930. The third kappa shape index (κ3) is 5.52. The van der Waals surface area contributed by atoms with Crippen LogP contribution < -0.4 is 25.8 Å². The maximum absolute atomic E-state index is 12.8. The maximum atomic E-state index is 12.8. The van der Waals surface area contributed by atoms with E-state index in [4.69, 9.17) is 26.4 Å². The summed E-state index contributed by atoms with van der Waals surface area (Å²) < 4.78 is 7.73. The van der Waals surface area contributed by atoms with Crippen molar-refractivity contribution in [3.8, 4) is 0 Å². The van der Waals surface area contributed by atoms with E-state index in [0.717, 1.165) is 39.9 Å². The topological polar surface area (TPSA) is 147 Å². The van der Waals surface area contributed by atoms with Gasteiger partial charge < -0.3 is 25.2 Å². The molecule has 7 rings (SSSR count). The van der Waals surface area contributed by atoms with E-state index in [0.29, 0.717) is 48.4 Å². The van der Waals surface area contributed by atoms with Gasteiger partial charge in [-0.15, -0.1) is 0 Å². The Hall–Kier alpha value is -4.75. The predicted molar refractivity (Wildman–Crippen MR) is 179 cm³/mol. The second-order valence-electron chi connectivity index (χ2n) is 12.6. The molecule has 47 heavy (non-hydrogen) atoms. The first-order valence-corrected chi connectivity index (χ1v) is 16.0. The SMILES string of the molecule is CO[C@@H]1CN(c2ncc(Cl)c(Nc3ccc4c(c3)CC(=O)N4C)n2)CC[C@H]1Nc1ccc2c(C3(C)CCC(=O)NC3=O)nn(C)c2c1. The van der Waals surface area contributed by atoms with Crippen LogP contribution in [0.4, 0.5) is 28.8 Å². The van der Waals surface area contributed by atoms with E-state index >= 15 is 0 Å². The molecular formula is C33H36ClN9O4. The molecule has 2 saturated heterocycles. The number of amides is 3. The molecule has 3 atom stereocenters. The molecule has 0 saturated carbocycles. The highest BCUT2D eigenvalue weighted by molar-refractivity contribution is 6.33. The molecule has 2 aromatic carbocycles. The van der Waals surface area contributed by atoms with Crippen LogP contribution in [0.5, 0.6) is 0 Å². The minimum absolute atomic E-state index is 0.0196. The molecule has 0 aliphatic carbocycles. The second kappa shape index (κ2) is 11.8. The van der Waals surface area contributed by atoms with Crippen molar-refractivity contribution in [2.45, 2.75) is 50.2 Å². The number of anilines is 5. The number of aromatic nitrogens is 4. The average Bonchev–Trinajstić information content (AvgIpc) is 3.54. The van der Waals surface area contributed by atoms with Crippen LogP contribution in [0.25, 0.3) is 10.9 Å². The van der Waals surface area contributed by atoms with E-state index in [1.54, 1.807) is 29.9 Å². The highest BCUT2D eigenvalue weighted by Gasteiger charge is 2.43. The van der Waals surface area contributed by atoms with E-state index in [2.05, 4.69) is 25.8 Å². The third-order valence-electron chi connectivity index (χ3n) is 9.63. The lowest BCUT2D eigenvalue weighted by Crippen LogP contribution is -2.51. The molecule has 244 valence electrons. The number of nitrogens with one attached hydrogen (secondary N) is 3. The summed E-state index contributed by atoms with van der Waals surface area (Å²) in [4.78, 5) is 49.8. The first kappa shape index (κ1) is 30.9. The zero-order chi connectivity index (χ0) is 33.0. The number of imide groups is 1. The quantitative estimate of drug-likeness (QED) is 0.252. The number of aryl methyl sites for hydroxylation is 1. The van der Waals surface area contributed by atoms with Crippen LogP contribution in [0, 0.1) is 0 Å². The lowest BCUT2D eigenvalue weighted by atomic mass is 9.77. The number of hydrogen-bond donors (Lipinski definition) is 3. The highest BCUT2D eigenvalue weighted by atomic mass is 35.5. The van der Waals surface area contributed by atoms with Gasteiger partial charge in [0.2, 0.25) is 23.7 Å². The molecule has 13 nitrogen and oxygen atoms in total. The second-order valence-corrected chi connectivity index (χ2v) is 13.0. The summed E-state index contributed by atoms with van der Waals surface area (Å²) in [5.74, 6) is 0.529. The van der Waals surface area contributed by atoms with Crippen molar-refractivity contribution >= 4 is 69.1 Å². The lowest BCUT2D eigenvalue weighted by Gasteiger charge is -2.38. The summed E-state index contributed by atoms with van der Waals surface area (Å²) in [7, 11) is 5.34. The van der Waals surface area contributed by atoms with Gasteiger partial charge in [-0.05, 0) is 61.7 Å². The minimum Gasteiger partial charge on any atom is -0.379 e. The number of benzene rings is 2. The van der Waals surface area contributed by atoms with Crippen molar-refractivity contribution in [2.75, 3.05) is 47.7 Å². The predicted octanol–water partition coefficient (Wildman–Crippen LogP) is 3.68. The van der Waals surface area contributed by atoms with Crippen LogP contribution >= 0.6 is 11.6 Å². The van der Waals surface area contributed by atoms with Gasteiger partial charge in [0.1, 0.15) is 5.02 Å². The zero-order valence-corrected chi connectivity index (χ0v) is 27.4. The number of halogens is 1. The van der Waals surface area contributed by atoms with Gasteiger partial charge in [0.15, 0.2) is 5.82 Å². The molecule has 0 spiro atoms. The van der Waals surface area contributed by atoms with Gasteiger partial charge in [-0.2, -0.15) is 10.1 Å². The van der Waals surface area contributed by atoms with E-state index in [1.165, 1.54) is 0 Å². The number of fused-ring (bicyclic) bond motifs is 2. The molecule has 2 fully saturated rings. The molecule has 2 aromatic heterocycles. The number of hydrogen-bond acceptors (Lipinski definition) is 10. The Morgan fingerprint density at radius 3 is 2.70 bits per heavy atom. The summed E-state index contributed by atoms with van der Waals surface area (Å²) in [6, 6.07) is 11.8. The average molecular weight is 658 g/mol. The first-order chi connectivity index (χ1) is 22.5. The molecule has 3 amide bonds. The molecule has 3 N–H and O–H groups in total. The van der Waals surface area contributed by atoms with Gasteiger partial charge in [-0.25, -0.2) is 4.98 Å². The molecule has 0 bridgehead atoms. The zero-order valence-electron chi connectivity index (χ0n) is 26.6. The van der Waals surface area contributed by atoms with E-state index in [-0.39, 0.29) is 36.3 Å². The van der Waals surface area contributed by atoms with Crippen LogP contribution in [0.1, 0.15) is 37.4 Å². The summed E-state index contributed by atoms with van der Waals surface area (Å²) in [6.07, 6.45) is 3.26. The normalized spacial score (nSPS) is 22.9. The molecule has 4 aromatic rings. The van der Waals surface area contributed by atoms with Crippen molar-refractivity contribution in [1.82, 2.24) is 25.1 Å². The Kier molecular flexibility index (Phi) is 7.75. The number of nitrogens with zero attached hydrogens (tertiary/aromatic N) is 6. The molecule has 1 unspecified atom stereocenters. The fourth-order valence-corrected chi connectivity index (χ4v) is 6.92. The van der Waals surface area contributed by atoms with Crippen LogP contribution in [0.2, 0.25) is 5.02 Å². The smallest absolute Gasteiger partial charge is 0.238 e. The van der Waals surface area contributed by atoms with Crippen LogP contribution in [-0.2, 0) is 38.0 Å². The molecule has 3 aliphatic heterocycles. The van der Waals surface area contributed by atoms with Crippen LogP contribution in [0.3, 0.4) is 0 Å². The molecule has 3 aliphatic rings. The van der Waals surface area contributed by atoms with Crippen LogP contribution in [0.15, 0.2) is 42.6 Å². The number of methoxy groups -OCH3 is 1. The van der Waals surface area contributed by atoms with Crippen molar-refractivity contribution in [1.29, 1.82) is 0 Å². The number of rotatable bonds is 7. The van der Waals surface area contributed by atoms with Gasteiger partial charge >= 0.3 is 0 Å². The number of likely N-dealkylation sites (N-methyl/N-ethyl adjacent to an activating group) is 1. The van der Waals surface area contributed by atoms with Gasteiger partial charge in [0, 0.05) is 63.2 Å². The minimum atomic E-state index is -0.881. The summed E-state index contributed by atoms with van der Waals surface area (Å²) in [6.45, 7) is 3.10. The number of carbonyl (C=O) groups is 3.